The number of hydrogen-bond acceptors (Lipinski definition) is 4. The van der Waals surface area contributed by atoms with Gasteiger partial charge in [0.15, 0.2) is 0 Å². The lowest BCUT2D eigenvalue weighted by Crippen LogP contribution is -2.47. The maximum atomic E-state index is 11.0. The molecule has 1 aliphatic heterocycles. The Kier molecular flexibility index (Phi) is 3.80. The van der Waals surface area contributed by atoms with Crippen molar-refractivity contribution in [2.24, 2.45) is 5.92 Å². The number of hydrogen-bond donors (Lipinski definition) is 1. The Morgan fingerprint density at radius 2 is 2.00 bits per heavy atom. The zero-order valence-corrected chi connectivity index (χ0v) is 12.0. The zero-order chi connectivity index (χ0) is 14.8. The van der Waals surface area contributed by atoms with Gasteiger partial charge in [-0.05, 0) is 37.0 Å². The molecule has 21 heavy (non-hydrogen) atoms. The molecule has 1 N–H and O–H groups in total. The second-order valence-corrected chi connectivity index (χ2v) is 5.88. The Hall–Kier alpha value is -2.06. The van der Waals surface area contributed by atoms with Gasteiger partial charge in [0.2, 0.25) is 0 Å². The van der Waals surface area contributed by atoms with Crippen molar-refractivity contribution in [1.29, 1.82) is 5.26 Å². The van der Waals surface area contributed by atoms with Gasteiger partial charge in [-0.3, -0.25) is 4.90 Å². The summed E-state index contributed by atoms with van der Waals surface area (Å²) in [5, 5.41) is 18.3. The van der Waals surface area contributed by atoms with Crippen LogP contribution in [0, 0.1) is 17.2 Å². The summed E-state index contributed by atoms with van der Waals surface area (Å²) >= 11 is 0. The van der Waals surface area contributed by atoms with E-state index in [0.29, 0.717) is 5.56 Å². The first-order valence-electron chi connectivity index (χ1n) is 7.42. The molecular formula is C16H19N3O2. The van der Waals surface area contributed by atoms with E-state index < -0.39 is 5.97 Å². The van der Waals surface area contributed by atoms with E-state index in [9.17, 15) is 10.1 Å². The number of rotatable bonds is 4. The number of piperazine rings is 1. The van der Waals surface area contributed by atoms with E-state index in [1.807, 2.05) is 0 Å². The average Bonchev–Trinajstić information content (AvgIpc) is 3.31. The lowest BCUT2D eigenvalue weighted by Gasteiger charge is -2.36. The Morgan fingerprint density at radius 3 is 2.57 bits per heavy atom. The number of aromatic carboxylic acids is 1. The van der Waals surface area contributed by atoms with Crippen molar-refractivity contribution in [3.8, 4) is 6.07 Å². The summed E-state index contributed by atoms with van der Waals surface area (Å²) in [7, 11) is 0. The minimum absolute atomic E-state index is 0.169. The van der Waals surface area contributed by atoms with E-state index in [4.69, 9.17) is 5.11 Å². The molecule has 0 atom stereocenters. The Bertz CT molecular complexity index is 582. The fourth-order valence-electron chi connectivity index (χ4n) is 2.87. The van der Waals surface area contributed by atoms with Crippen LogP contribution in [-0.4, -0.2) is 48.7 Å². The average molecular weight is 285 g/mol. The van der Waals surface area contributed by atoms with Gasteiger partial charge in [-0.1, -0.05) is 0 Å². The van der Waals surface area contributed by atoms with Crippen molar-refractivity contribution >= 4 is 11.7 Å². The van der Waals surface area contributed by atoms with E-state index in [2.05, 4.69) is 15.9 Å². The molecule has 1 aromatic rings. The molecule has 0 radical (unpaired) electrons. The molecule has 2 aliphatic rings. The van der Waals surface area contributed by atoms with E-state index in [1.165, 1.54) is 25.5 Å². The molecule has 0 bridgehead atoms. The number of carbonyl (C=O) groups is 1. The third-order valence-electron chi connectivity index (χ3n) is 4.29. The van der Waals surface area contributed by atoms with Crippen molar-refractivity contribution in [1.82, 2.24) is 4.90 Å². The van der Waals surface area contributed by atoms with Crippen LogP contribution >= 0.6 is 0 Å². The van der Waals surface area contributed by atoms with Gasteiger partial charge in [0, 0.05) is 32.7 Å². The van der Waals surface area contributed by atoms with Crippen LogP contribution in [0.25, 0.3) is 0 Å². The molecule has 1 saturated carbocycles. The third kappa shape index (κ3) is 3.17. The van der Waals surface area contributed by atoms with Crippen LogP contribution in [-0.2, 0) is 0 Å². The molecule has 5 nitrogen and oxygen atoms in total. The highest BCUT2D eigenvalue weighted by Gasteiger charge is 2.27. The summed E-state index contributed by atoms with van der Waals surface area (Å²) in [6, 6.07) is 6.93. The minimum atomic E-state index is -0.993. The van der Waals surface area contributed by atoms with Crippen LogP contribution in [0.2, 0.25) is 0 Å². The number of nitrogens with zero attached hydrogens (tertiary/aromatic N) is 3. The third-order valence-corrected chi connectivity index (χ3v) is 4.29. The van der Waals surface area contributed by atoms with Crippen LogP contribution in [0.5, 0.6) is 0 Å². The standard InChI is InChI=1S/C16H19N3O2/c17-10-14-9-13(16(20)21)3-4-15(14)19-7-5-18(6-8-19)11-12-1-2-12/h3-4,9,12H,1-2,5-8,11H2,(H,20,21). The molecule has 1 heterocycles. The van der Waals surface area contributed by atoms with Crippen molar-refractivity contribution < 1.29 is 9.90 Å². The van der Waals surface area contributed by atoms with Gasteiger partial charge >= 0.3 is 5.97 Å². The summed E-state index contributed by atoms with van der Waals surface area (Å²) < 4.78 is 0. The molecule has 0 amide bonds. The van der Waals surface area contributed by atoms with Crippen molar-refractivity contribution in [2.75, 3.05) is 37.6 Å². The van der Waals surface area contributed by atoms with Crippen LogP contribution < -0.4 is 4.90 Å². The summed E-state index contributed by atoms with van der Waals surface area (Å²) in [6.45, 7) is 5.03. The Balaban J connectivity index is 1.69. The highest BCUT2D eigenvalue weighted by Crippen LogP contribution is 2.30. The lowest BCUT2D eigenvalue weighted by atomic mass is 10.1. The summed E-state index contributed by atoms with van der Waals surface area (Å²) in [5.41, 5.74) is 1.47. The first kappa shape index (κ1) is 13.9. The molecule has 0 unspecified atom stereocenters. The fraction of sp³-hybridized carbons (Fsp3) is 0.500. The highest BCUT2D eigenvalue weighted by atomic mass is 16.4. The first-order valence-corrected chi connectivity index (χ1v) is 7.42. The monoisotopic (exact) mass is 285 g/mol. The minimum Gasteiger partial charge on any atom is -0.478 e. The Morgan fingerprint density at radius 1 is 1.29 bits per heavy atom. The number of carboxylic acids is 1. The quantitative estimate of drug-likeness (QED) is 0.913. The largest absolute Gasteiger partial charge is 0.478 e. The van der Waals surface area contributed by atoms with Gasteiger partial charge in [0.1, 0.15) is 6.07 Å². The second-order valence-electron chi connectivity index (χ2n) is 5.88. The maximum absolute atomic E-state index is 11.0. The maximum Gasteiger partial charge on any atom is 0.335 e. The number of nitriles is 1. The van der Waals surface area contributed by atoms with Gasteiger partial charge in [0.05, 0.1) is 16.8 Å². The molecule has 1 aliphatic carbocycles. The van der Waals surface area contributed by atoms with Crippen LogP contribution in [0.3, 0.4) is 0 Å². The first-order chi connectivity index (χ1) is 10.2. The van der Waals surface area contributed by atoms with E-state index in [-0.39, 0.29) is 5.56 Å². The topological polar surface area (TPSA) is 67.6 Å². The van der Waals surface area contributed by atoms with Crippen molar-refractivity contribution in [2.45, 2.75) is 12.8 Å². The van der Waals surface area contributed by atoms with Crippen molar-refractivity contribution in [3.05, 3.63) is 29.3 Å². The molecule has 1 aromatic carbocycles. The molecule has 0 spiro atoms. The van der Waals surface area contributed by atoms with Crippen LogP contribution in [0.4, 0.5) is 5.69 Å². The van der Waals surface area contributed by atoms with Gasteiger partial charge in [-0.2, -0.15) is 5.26 Å². The molecule has 0 aromatic heterocycles. The summed E-state index contributed by atoms with van der Waals surface area (Å²) in [4.78, 5) is 15.7. The normalized spacial score (nSPS) is 19.3. The summed E-state index contributed by atoms with van der Waals surface area (Å²) in [5.74, 6) is -0.0895. The number of anilines is 1. The Labute approximate surface area is 124 Å². The van der Waals surface area contributed by atoms with Gasteiger partial charge < -0.3 is 10.0 Å². The smallest absolute Gasteiger partial charge is 0.335 e. The molecule has 3 rings (SSSR count). The van der Waals surface area contributed by atoms with Gasteiger partial charge in [0.25, 0.3) is 0 Å². The number of carboxylic acid groups (broad SMARTS) is 1. The SMILES string of the molecule is N#Cc1cc(C(=O)O)ccc1N1CCN(CC2CC2)CC1. The molecule has 110 valence electrons. The lowest BCUT2D eigenvalue weighted by molar-refractivity contribution is 0.0697. The fourth-order valence-corrected chi connectivity index (χ4v) is 2.87. The molecule has 5 heteroatoms. The van der Waals surface area contributed by atoms with Gasteiger partial charge in [-0.25, -0.2) is 4.79 Å². The molecule has 1 saturated heterocycles. The zero-order valence-electron chi connectivity index (χ0n) is 12.0. The predicted molar refractivity (Wildman–Crippen MR) is 79.5 cm³/mol. The van der Waals surface area contributed by atoms with Crippen molar-refractivity contribution in [3.63, 3.8) is 0 Å². The van der Waals surface area contributed by atoms with Gasteiger partial charge in [-0.15, -0.1) is 0 Å². The van der Waals surface area contributed by atoms with E-state index in [1.54, 1.807) is 12.1 Å². The molecular weight excluding hydrogens is 266 g/mol. The molecule has 2 fully saturated rings. The van der Waals surface area contributed by atoms with E-state index >= 15 is 0 Å². The second kappa shape index (κ2) is 5.74. The van der Waals surface area contributed by atoms with Crippen LogP contribution in [0.15, 0.2) is 18.2 Å². The summed E-state index contributed by atoms with van der Waals surface area (Å²) in [6.07, 6.45) is 2.74. The highest BCUT2D eigenvalue weighted by molar-refractivity contribution is 5.89. The number of benzene rings is 1. The predicted octanol–water partition coefficient (Wildman–Crippen LogP) is 1.79. The van der Waals surface area contributed by atoms with E-state index in [0.717, 1.165) is 37.8 Å². The van der Waals surface area contributed by atoms with Crippen LogP contribution in [0.1, 0.15) is 28.8 Å².